The van der Waals surface area contributed by atoms with Gasteiger partial charge in [-0.05, 0) is 44.4 Å². The van der Waals surface area contributed by atoms with Crippen molar-refractivity contribution in [3.63, 3.8) is 0 Å². The summed E-state index contributed by atoms with van der Waals surface area (Å²) in [7, 11) is -3.19. The number of hydrogen-bond donors (Lipinski definition) is 1. The Balaban J connectivity index is 1.23. The van der Waals surface area contributed by atoms with Crippen LogP contribution in [0.15, 0.2) is 67.3 Å². The Morgan fingerprint density at radius 3 is 2.68 bits per heavy atom. The van der Waals surface area contributed by atoms with Crippen LogP contribution in [-0.2, 0) is 27.2 Å². The van der Waals surface area contributed by atoms with Crippen molar-refractivity contribution in [3.8, 4) is 5.75 Å². The summed E-state index contributed by atoms with van der Waals surface area (Å²) < 4.78 is 34.5. The van der Waals surface area contributed by atoms with Gasteiger partial charge >= 0.3 is 0 Å². The maximum absolute atomic E-state index is 14.2. The molecule has 10 heteroatoms. The second-order valence-corrected chi connectivity index (χ2v) is 12.7. The van der Waals surface area contributed by atoms with Gasteiger partial charge in [0.15, 0.2) is 11.5 Å². The molecule has 2 heterocycles. The van der Waals surface area contributed by atoms with Gasteiger partial charge in [0.1, 0.15) is 23.9 Å². The van der Waals surface area contributed by atoms with E-state index in [0.717, 1.165) is 18.4 Å². The van der Waals surface area contributed by atoms with Crippen LogP contribution in [0.3, 0.4) is 0 Å². The lowest BCUT2D eigenvalue weighted by molar-refractivity contribution is 0.0761. The van der Waals surface area contributed by atoms with Gasteiger partial charge in [-0.3, -0.25) is 4.57 Å². The number of anilines is 1. The summed E-state index contributed by atoms with van der Waals surface area (Å²) in [6.45, 7) is 5.56. The Morgan fingerprint density at radius 2 is 1.92 bits per heavy atom. The smallest absolute Gasteiger partial charge is 0.273 e. The van der Waals surface area contributed by atoms with Crippen molar-refractivity contribution >= 4 is 24.4 Å². The van der Waals surface area contributed by atoms with E-state index in [4.69, 9.17) is 19.7 Å². The number of aromatic nitrogens is 4. The molecular weight excluding hydrogens is 501 g/mol. The third kappa shape index (κ3) is 6.59. The molecule has 0 amide bonds. The second kappa shape index (κ2) is 11.2. The van der Waals surface area contributed by atoms with Gasteiger partial charge < -0.3 is 24.3 Å². The van der Waals surface area contributed by atoms with Crippen LogP contribution >= 0.6 is 7.37 Å². The predicted octanol–water partition coefficient (Wildman–Crippen LogP) is 5.43. The molecule has 0 radical (unpaired) electrons. The molecule has 1 aliphatic carbocycles. The zero-order valence-electron chi connectivity index (χ0n) is 21.8. The van der Waals surface area contributed by atoms with E-state index in [9.17, 15) is 4.57 Å². The van der Waals surface area contributed by atoms with E-state index in [0.29, 0.717) is 48.7 Å². The van der Waals surface area contributed by atoms with Crippen LogP contribution < -0.4 is 10.3 Å². The van der Waals surface area contributed by atoms with Crippen molar-refractivity contribution in [1.29, 1.82) is 0 Å². The van der Waals surface area contributed by atoms with E-state index in [1.807, 2.05) is 47.9 Å². The molecule has 38 heavy (non-hydrogen) atoms. The van der Waals surface area contributed by atoms with Crippen molar-refractivity contribution in [1.82, 2.24) is 19.5 Å². The van der Waals surface area contributed by atoms with Crippen LogP contribution in [0.25, 0.3) is 11.2 Å². The zero-order chi connectivity index (χ0) is 26.6. The quantitative estimate of drug-likeness (QED) is 0.225. The lowest BCUT2D eigenvalue weighted by Crippen LogP contribution is -2.22. The van der Waals surface area contributed by atoms with Crippen molar-refractivity contribution in [2.24, 2.45) is 5.41 Å². The summed E-state index contributed by atoms with van der Waals surface area (Å²) in [4.78, 5) is 12.6. The summed E-state index contributed by atoms with van der Waals surface area (Å²) >= 11 is 0. The molecule has 1 fully saturated rings. The SMILES string of the molecule is Cc1cccc(COCC2(CP(=O)(CO[C@H](C)Cn3cnc4c(N)ncnc43)Oc3ccccc3)CC2)c1. The fraction of sp³-hybridized carbons (Fsp3) is 0.393. The Bertz CT molecular complexity index is 1420. The number of rotatable bonds is 13. The van der Waals surface area contributed by atoms with Gasteiger partial charge in [-0.25, -0.2) is 15.0 Å². The number of aryl methyl sites for hydroxylation is 1. The van der Waals surface area contributed by atoms with Gasteiger partial charge in [-0.15, -0.1) is 0 Å². The Hall–Kier alpha value is -3.26. The summed E-state index contributed by atoms with van der Waals surface area (Å²) in [5, 5.41) is 0. The van der Waals surface area contributed by atoms with Gasteiger partial charge in [0.05, 0.1) is 32.2 Å². The largest absolute Gasteiger partial charge is 0.441 e. The van der Waals surface area contributed by atoms with E-state index in [1.165, 1.54) is 11.9 Å². The Kier molecular flexibility index (Phi) is 7.79. The number of nitrogen functional groups attached to an aromatic ring is 1. The number of para-hydroxylation sites is 1. The van der Waals surface area contributed by atoms with Crippen molar-refractivity contribution < 1.29 is 18.6 Å². The topological polar surface area (TPSA) is 114 Å². The van der Waals surface area contributed by atoms with E-state index in [1.54, 1.807) is 6.33 Å². The van der Waals surface area contributed by atoms with Gasteiger partial charge in [-0.1, -0.05) is 48.0 Å². The molecule has 0 bridgehead atoms. The Morgan fingerprint density at radius 1 is 1.11 bits per heavy atom. The highest BCUT2D eigenvalue weighted by atomic mass is 31.2. The maximum Gasteiger partial charge on any atom is 0.273 e. The first kappa shape index (κ1) is 26.4. The highest BCUT2D eigenvalue weighted by molar-refractivity contribution is 7.59. The highest BCUT2D eigenvalue weighted by Crippen LogP contribution is 2.59. The molecule has 4 aromatic rings. The van der Waals surface area contributed by atoms with E-state index in [-0.39, 0.29) is 17.9 Å². The molecule has 9 nitrogen and oxygen atoms in total. The zero-order valence-corrected chi connectivity index (χ0v) is 22.7. The fourth-order valence-electron chi connectivity index (χ4n) is 4.60. The highest BCUT2D eigenvalue weighted by Gasteiger charge is 2.49. The van der Waals surface area contributed by atoms with Crippen LogP contribution in [0.2, 0.25) is 0 Å². The maximum atomic E-state index is 14.2. The lowest BCUT2D eigenvalue weighted by atomic mass is 10.1. The van der Waals surface area contributed by atoms with Crippen LogP contribution in [0.5, 0.6) is 5.75 Å². The second-order valence-electron chi connectivity index (χ2n) is 10.3. The molecule has 2 N–H and O–H groups in total. The molecule has 0 aliphatic heterocycles. The van der Waals surface area contributed by atoms with Gasteiger partial charge in [0, 0.05) is 11.6 Å². The molecule has 1 saturated carbocycles. The number of benzene rings is 2. The average molecular weight is 536 g/mol. The molecule has 1 aliphatic rings. The predicted molar refractivity (Wildman–Crippen MR) is 147 cm³/mol. The van der Waals surface area contributed by atoms with Gasteiger partial charge in [0.2, 0.25) is 0 Å². The fourth-order valence-corrected chi connectivity index (χ4v) is 7.23. The van der Waals surface area contributed by atoms with Crippen LogP contribution in [0, 0.1) is 12.3 Å². The van der Waals surface area contributed by atoms with E-state index >= 15 is 0 Å². The first-order valence-electron chi connectivity index (χ1n) is 12.8. The molecule has 0 saturated heterocycles. The minimum atomic E-state index is -3.19. The van der Waals surface area contributed by atoms with Crippen LogP contribution in [0.4, 0.5) is 5.82 Å². The monoisotopic (exact) mass is 535 g/mol. The first-order valence-corrected chi connectivity index (χ1v) is 14.8. The summed E-state index contributed by atoms with van der Waals surface area (Å²) in [5.74, 6) is 0.916. The molecule has 2 aromatic carbocycles. The third-order valence-corrected chi connectivity index (χ3v) is 8.99. The number of nitrogens with two attached hydrogens (primary N) is 1. The average Bonchev–Trinajstić information content (AvgIpc) is 3.52. The summed E-state index contributed by atoms with van der Waals surface area (Å²) in [5.41, 5.74) is 9.29. The van der Waals surface area contributed by atoms with Gasteiger partial charge in [0.25, 0.3) is 7.37 Å². The lowest BCUT2D eigenvalue weighted by Gasteiger charge is -2.26. The standard InChI is InChI=1S/C28H34N5O4P/c1-21-7-6-8-23(13-21)15-35-16-28(11-12-28)17-38(34,37-24-9-4-3-5-10-24)20-36-22(2)14-33-19-32-25-26(29)30-18-31-27(25)33/h3-10,13,18-19,22H,11-12,14-17,20H2,1-2H3,(H2,29,30,31)/t22-,38?/m1/s1. The molecule has 2 aromatic heterocycles. The van der Waals surface area contributed by atoms with Crippen molar-refractivity contribution in [2.45, 2.75) is 45.9 Å². The van der Waals surface area contributed by atoms with E-state index in [2.05, 4.69) is 40.1 Å². The third-order valence-electron chi connectivity index (χ3n) is 6.75. The molecule has 200 valence electrons. The number of imidazole rings is 1. The molecular formula is C28H34N5O4P. The summed E-state index contributed by atoms with van der Waals surface area (Å²) in [6.07, 6.45) is 5.16. The number of hydrogen-bond acceptors (Lipinski definition) is 8. The normalized spacial score (nSPS) is 16.7. The Labute approximate surface area is 222 Å². The number of nitrogens with zero attached hydrogens (tertiary/aromatic N) is 4. The first-order chi connectivity index (χ1) is 18.3. The molecule has 0 spiro atoms. The number of ether oxygens (including phenoxy) is 2. The van der Waals surface area contributed by atoms with Gasteiger partial charge in [-0.2, -0.15) is 0 Å². The van der Waals surface area contributed by atoms with Crippen LogP contribution in [-0.4, -0.2) is 44.7 Å². The molecule has 1 unspecified atom stereocenters. The van der Waals surface area contributed by atoms with Crippen LogP contribution in [0.1, 0.15) is 30.9 Å². The number of fused-ring (bicyclic) bond motifs is 1. The minimum Gasteiger partial charge on any atom is -0.441 e. The van der Waals surface area contributed by atoms with Crippen molar-refractivity contribution in [2.75, 3.05) is 24.9 Å². The molecule has 2 atom stereocenters. The van der Waals surface area contributed by atoms with Crippen molar-refractivity contribution in [3.05, 3.63) is 78.4 Å². The minimum absolute atomic E-state index is 0.00639. The van der Waals surface area contributed by atoms with E-state index < -0.39 is 7.37 Å². The summed E-state index contributed by atoms with van der Waals surface area (Å²) in [6, 6.07) is 17.6. The molecule has 5 rings (SSSR count).